The maximum atomic E-state index is 12.8. The standard InChI is InChI=1S/C23H28N6O4/c1-3-28(9-10-30)22(32)18-13-19-20(25-15-18)29(8-5-11-33-2)23(26-19)27-21(31)17-7-4-6-16(12-17)14-24/h4,6-7,12-13,15,19-20,30H,3,5,8-11H2,1-2H3,(H,26,27,31). The fraction of sp³-hybridized carbons (Fsp3) is 0.435. The second kappa shape index (κ2) is 11.4. The number of likely N-dealkylation sites (N-methyl/N-ethyl adjacent to an activating group) is 1. The summed E-state index contributed by atoms with van der Waals surface area (Å²) in [7, 11) is 1.62. The second-order valence-corrected chi connectivity index (χ2v) is 7.55. The summed E-state index contributed by atoms with van der Waals surface area (Å²) in [6, 6.07) is 8.01. The van der Waals surface area contributed by atoms with Crippen molar-refractivity contribution in [2.75, 3.05) is 40.0 Å². The SMILES string of the molecule is CCN(CCO)C(=O)C1=CC2N=C(NC(=O)c3cccc(C#N)c3)N(CCCOC)C2N=C1. The van der Waals surface area contributed by atoms with Crippen molar-refractivity contribution in [1.29, 1.82) is 5.26 Å². The number of nitrogens with zero attached hydrogens (tertiary/aromatic N) is 5. The number of nitrogens with one attached hydrogen (secondary N) is 1. The predicted molar refractivity (Wildman–Crippen MR) is 123 cm³/mol. The van der Waals surface area contributed by atoms with E-state index in [1.54, 1.807) is 31.4 Å². The summed E-state index contributed by atoms with van der Waals surface area (Å²) in [6.45, 7) is 3.52. The quantitative estimate of drug-likeness (QED) is 0.526. The number of carbonyl (C=O) groups excluding carboxylic acids is 2. The highest BCUT2D eigenvalue weighted by atomic mass is 16.5. The number of carbonyl (C=O) groups is 2. The van der Waals surface area contributed by atoms with Gasteiger partial charge in [-0.3, -0.25) is 19.9 Å². The number of aliphatic hydroxyl groups is 1. The van der Waals surface area contributed by atoms with Gasteiger partial charge in [0.1, 0.15) is 12.2 Å². The number of amides is 2. The Bertz CT molecular complexity index is 1010. The number of benzene rings is 1. The summed E-state index contributed by atoms with van der Waals surface area (Å²) in [5.74, 6) is -0.246. The van der Waals surface area contributed by atoms with Crippen molar-refractivity contribution in [2.45, 2.75) is 25.6 Å². The lowest BCUT2D eigenvalue weighted by atomic mass is 10.1. The third kappa shape index (κ3) is 5.63. The zero-order valence-corrected chi connectivity index (χ0v) is 18.8. The minimum atomic E-state index is -0.440. The molecular formula is C23H28N6O4. The Labute approximate surface area is 192 Å². The van der Waals surface area contributed by atoms with Crippen LogP contribution in [-0.2, 0) is 9.53 Å². The van der Waals surface area contributed by atoms with Gasteiger partial charge in [-0.1, -0.05) is 6.07 Å². The summed E-state index contributed by atoms with van der Waals surface area (Å²) in [6.07, 6.45) is 3.60. The van der Waals surface area contributed by atoms with Crippen LogP contribution in [0.2, 0.25) is 0 Å². The average molecular weight is 453 g/mol. The fourth-order valence-corrected chi connectivity index (χ4v) is 3.73. The minimum absolute atomic E-state index is 0.120. The van der Waals surface area contributed by atoms with E-state index in [0.717, 1.165) is 0 Å². The van der Waals surface area contributed by atoms with Crippen LogP contribution in [0.4, 0.5) is 0 Å². The van der Waals surface area contributed by atoms with E-state index < -0.39 is 6.04 Å². The van der Waals surface area contributed by atoms with Crippen molar-refractivity contribution in [2.24, 2.45) is 9.98 Å². The number of aliphatic imine (C=N–C) groups is 2. The maximum absolute atomic E-state index is 12.8. The number of hydrogen-bond donors (Lipinski definition) is 2. The van der Waals surface area contributed by atoms with Crippen molar-refractivity contribution in [3.05, 3.63) is 47.0 Å². The molecule has 0 radical (unpaired) electrons. The Morgan fingerprint density at radius 2 is 2.21 bits per heavy atom. The maximum Gasteiger partial charge on any atom is 0.257 e. The van der Waals surface area contributed by atoms with Gasteiger partial charge < -0.3 is 19.6 Å². The molecule has 2 amide bonds. The lowest BCUT2D eigenvalue weighted by Crippen LogP contribution is -2.47. The number of aliphatic hydroxyl groups excluding tert-OH is 1. The van der Waals surface area contributed by atoms with E-state index in [0.29, 0.717) is 48.8 Å². The molecule has 1 aromatic carbocycles. The molecule has 10 nitrogen and oxygen atoms in total. The number of nitriles is 1. The van der Waals surface area contributed by atoms with Gasteiger partial charge in [0, 0.05) is 45.1 Å². The first-order valence-electron chi connectivity index (χ1n) is 10.8. The summed E-state index contributed by atoms with van der Waals surface area (Å²) < 4.78 is 5.15. The van der Waals surface area contributed by atoms with Crippen LogP contribution in [0.5, 0.6) is 0 Å². The van der Waals surface area contributed by atoms with Crippen LogP contribution in [0.3, 0.4) is 0 Å². The highest BCUT2D eigenvalue weighted by Crippen LogP contribution is 2.24. The van der Waals surface area contributed by atoms with Crippen LogP contribution in [0.1, 0.15) is 29.3 Å². The fourth-order valence-electron chi connectivity index (χ4n) is 3.73. The molecule has 174 valence electrons. The van der Waals surface area contributed by atoms with E-state index in [4.69, 9.17) is 10.00 Å². The van der Waals surface area contributed by atoms with Gasteiger partial charge in [-0.05, 0) is 37.6 Å². The monoisotopic (exact) mass is 452 g/mol. The number of rotatable bonds is 9. The summed E-state index contributed by atoms with van der Waals surface area (Å²) in [5, 5.41) is 21.1. The molecule has 2 aliphatic heterocycles. The molecule has 0 spiro atoms. The van der Waals surface area contributed by atoms with Crippen LogP contribution in [0, 0.1) is 11.3 Å². The molecule has 0 aliphatic carbocycles. The molecule has 0 bridgehead atoms. The van der Waals surface area contributed by atoms with Gasteiger partial charge in [0.2, 0.25) is 5.96 Å². The third-order valence-electron chi connectivity index (χ3n) is 5.40. The molecule has 0 saturated heterocycles. The largest absolute Gasteiger partial charge is 0.395 e. The topological polar surface area (TPSA) is 131 Å². The summed E-state index contributed by atoms with van der Waals surface area (Å²) >= 11 is 0. The molecule has 3 rings (SSSR count). The van der Waals surface area contributed by atoms with Gasteiger partial charge in [-0.15, -0.1) is 0 Å². The van der Waals surface area contributed by atoms with Crippen LogP contribution < -0.4 is 5.32 Å². The van der Waals surface area contributed by atoms with E-state index in [9.17, 15) is 14.7 Å². The van der Waals surface area contributed by atoms with Gasteiger partial charge >= 0.3 is 0 Å². The van der Waals surface area contributed by atoms with E-state index in [2.05, 4.69) is 15.3 Å². The Morgan fingerprint density at radius 1 is 1.39 bits per heavy atom. The molecule has 2 unspecified atom stereocenters. The molecule has 0 aromatic heterocycles. The Kier molecular flexibility index (Phi) is 8.29. The van der Waals surface area contributed by atoms with E-state index in [1.807, 2.05) is 17.9 Å². The van der Waals surface area contributed by atoms with Crippen molar-refractivity contribution in [3.63, 3.8) is 0 Å². The normalized spacial score (nSPS) is 18.8. The lowest BCUT2D eigenvalue weighted by Gasteiger charge is -2.29. The van der Waals surface area contributed by atoms with Crippen molar-refractivity contribution < 1.29 is 19.4 Å². The third-order valence-corrected chi connectivity index (χ3v) is 5.40. The number of methoxy groups -OCH3 is 1. The predicted octanol–water partition coefficient (Wildman–Crippen LogP) is 0.542. The van der Waals surface area contributed by atoms with Crippen molar-refractivity contribution in [1.82, 2.24) is 15.1 Å². The molecule has 2 N–H and O–H groups in total. The second-order valence-electron chi connectivity index (χ2n) is 7.55. The number of ether oxygens (including phenoxy) is 1. The zero-order chi connectivity index (χ0) is 23.8. The number of dihydropyridines is 1. The van der Waals surface area contributed by atoms with Gasteiger partial charge in [0.15, 0.2) is 0 Å². The van der Waals surface area contributed by atoms with Crippen molar-refractivity contribution in [3.8, 4) is 6.07 Å². The highest BCUT2D eigenvalue weighted by molar-refractivity contribution is 6.13. The molecule has 1 aromatic rings. The number of guanidine groups is 1. The van der Waals surface area contributed by atoms with E-state index >= 15 is 0 Å². The number of hydrogen-bond acceptors (Lipinski definition) is 8. The van der Waals surface area contributed by atoms with Gasteiger partial charge in [-0.2, -0.15) is 5.26 Å². The molecule has 2 heterocycles. The van der Waals surface area contributed by atoms with E-state index in [1.165, 1.54) is 17.2 Å². The highest BCUT2D eigenvalue weighted by Gasteiger charge is 2.38. The Morgan fingerprint density at radius 3 is 2.91 bits per heavy atom. The van der Waals surface area contributed by atoms with Crippen LogP contribution >= 0.6 is 0 Å². The van der Waals surface area contributed by atoms with E-state index in [-0.39, 0.29) is 31.1 Å². The van der Waals surface area contributed by atoms with Crippen LogP contribution in [0.25, 0.3) is 0 Å². The summed E-state index contributed by atoms with van der Waals surface area (Å²) in [4.78, 5) is 38.2. The first-order valence-corrected chi connectivity index (χ1v) is 10.8. The number of fused-ring (bicyclic) bond motifs is 1. The molecule has 2 aliphatic rings. The average Bonchev–Trinajstić information content (AvgIpc) is 3.18. The van der Waals surface area contributed by atoms with Crippen LogP contribution in [0.15, 0.2) is 45.9 Å². The first-order chi connectivity index (χ1) is 16.0. The summed E-state index contributed by atoms with van der Waals surface area (Å²) in [5.41, 5.74) is 1.14. The molecular weight excluding hydrogens is 424 g/mol. The lowest BCUT2D eigenvalue weighted by molar-refractivity contribution is -0.126. The minimum Gasteiger partial charge on any atom is -0.395 e. The van der Waals surface area contributed by atoms with Gasteiger partial charge in [-0.25, -0.2) is 4.99 Å². The molecule has 10 heteroatoms. The molecule has 0 saturated carbocycles. The smallest absolute Gasteiger partial charge is 0.257 e. The molecule has 0 fully saturated rings. The molecule has 2 atom stereocenters. The van der Waals surface area contributed by atoms with Crippen LogP contribution in [-0.4, -0.2) is 91.1 Å². The molecule has 33 heavy (non-hydrogen) atoms. The van der Waals surface area contributed by atoms with Crippen molar-refractivity contribution >= 4 is 24.0 Å². The Balaban J connectivity index is 1.82. The Hall–Kier alpha value is -3.55. The first kappa shape index (κ1) is 24.1. The van der Waals surface area contributed by atoms with Gasteiger partial charge in [0.05, 0.1) is 23.8 Å². The zero-order valence-electron chi connectivity index (χ0n) is 18.8. The van der Waals surface area contributed by atoms with Gasteiger partial charge in [0.25, 0.3) is 11.8 Å².